The molecule has 5 atom stereocenters. The highest BCUT2D eigenvalue weighted by Crippen LogP contribution is 2.63. The molecule has 2 heterocycles. The highest BCUT2D eigenvalue weighted by Gasteiger charge is 2.69. The van der Waals surface area contributed by atoms with Gasteiger partial charge in [-0.1, -0.05) is 20.3 Å². The van der Waals surface area contributed by atoms with Crippen molar-refractivity contribution in [1.29, 1.82) is 0 Å². The Bertz CT molecular complexity index is 324. The molecule has 1 aliphatic carbocycles. The van der Waals surface area contributed by atoms with Gasteiger partial charge in [0.1, 0.15) is 5.78 Å². The zero-order valence-electron chi connectivity index (χ0n) is 9.88. The molecule has 0 spiro atoms. The maximum Gasteiger partial charge on any atom is 0.150 e. The summed E-state index contributed by atoms with van der Waals surface area (Å²) in [6.07, 6.45) is 4.80. The van der Waals surface area contributed by atoms with Gasteiger partial charge < -0.3 is 4.74 Å². The van der Waals surface area contributed by atoms with E-state index < -0.39 is 0 Å². The van der Waals surface area contributed by atoms with Crippen molar-refractivity contribution in [2.24, 2.45) is 16.7 Å². The van der Waals surface area contributed by atoms with Crippen molar-refractivity contribution in [2.45, 2.75) is 58.7 Å². The molecule has 3 fully saturated rings. The molecule has 0 aromatic carbocycles. The summed E-state index contributed by atoms with van der Waals surface area (Å²) < 4.78 is 6.07. The van der Waals surface area contributed by atoms with E-state index in [0.717, 1.165) is 25.7 Å². The molecule has 0 N–H and O–H groups in total. The summed E-state index contributed by atoms with van der Waals surface area (Å²) in [7, 11) is 0. The molecule has 84 valence electrons. The highest BCUT2D eigenvalue weighted by molar-refractivity contribution is 5.94. The SMILES string of the molecule is CC[C@H]1C[C@]2(C)C(=O)[C@@]1(C)[C@H]1CC[C@@H]2O1. The number of hydrogen-bond donors (Lipinski definition) is 0. The summed E-state index contributed by atoms with van der Waals surface area (Å²) >= 11 is 0. The highest BCUT2D eigenvalue weighted by atomic mass is 16.5. The zero-order valence-corrected chi connectivity index (χ0v) is 9.88. The molecular weight excluding hydrogens is 188 g/mol. The first-order valence-electron chi connectivity index (χ1n) is 6.24. The number of ether oxygens (including phenoxy) is 1. The third-order valence-corrected chi connectivity index (χ3v) is 5.42. The summed E-state index contributed by atoms with van der Waals surface area (Å²) in [6.45, 7) is 6.50. The fraction of sp³-hybridized carbons (Fsp3) is 0.923. The smallest absolute Gasteiger partial charge is 0.150 e. The standard InChI is InChI=1S/C13H20O2/c1-4-8-7-12(2)9-5-6-10(15-9)13(8,3)11(12)14/h8-10H,4-7H2,1-3H3/t8-,9-,10+,12-,13+/m0/s1. The molecule has 3 aliphatic rings. The maximum atomic E-state index is 12.6. The van der Waals surface area contributed by atoms with Crippen LogP contribution in [0.3, 0.4) is 0 Å². The average molecular weight is 208 g/mol. The first-order chi connectivity index (χ1) is 7.03. The van der Waals surface area contributed by atoms with E-state index in [1.807, 2.05) is 0 Å². The molecule has 0 aromatic rings. The zero-order chi connectivity index (χ0) is 10.8. The third-order valence-electron chi connectivity index (χ3n) is 5.42. The van der Waals surface area contributed by atoms with Crippen LogP contribution < -0.4 is 0 Å². The molecule has 2 saturated heterocycles. The molecule has 1 saturated carbocycles. The van der Waals surface area contributed by atoms with Crippen LogP contribution >= 0.6 is 0 Å². The number of carbonyl (C=O) groups excluding carboxylic acids is 1. The van der Waals surface area contributed by atoms with E-state index in [1.54, 1.807) is 0 Å². The van der Waals surface area contributed by atoms with E-state index in [2.05, 4.69) is 20.8 Å². The Labute approximate surface area is 91.4 Å². The van der Waals surface area contributed by atoms with Gasteiger partial charge in [-0.3, -0.25) is 4.79 Å². The topological polar surface area (TPSA) is 26.3 Å². The summed E-state index contributed by atoms with van der Waals surface area (Å²) in [5.41, 5.74) is -0.334. The first kappa shape index (κ1) is 9.83. The van der Waals surface area contributed by atoms with E-state index in [1.165, 1.54) is 0 Å². The van der Waals surface area contributed by atoms with Crippen LogP contribution in [0.1, 0.15) is 46.5 Å². The molecule has 15 heavy (non-hydrogen) atoms. The molecule has 2 heteroatoms. The second-order valence-corrected chi connectivity index (χ2v) is 6.03. The van der Waals surface area contributed by atoms with Crippen molar-refractivity contribution < 1.29 is 9.53 Å². The monoisotopic (exact) mass is 208 g/mol. The molecule has 3 rings (SSSR count). The largest absolute Gasteiger partial charge is 0.373 e. The van der Waals surface area contributed by atoms with Crippen LogP contribution in [0.15, 0.2) is 0 Å². The van der Waals surface area contributed by atoms with Crippen molar-refractivity contribution in [3.05, 3.63) is 0 Å². The van der Waals surface area contributed by atoms with Gasteiger partial charge in [0.15, 0.2) is 0 Å². The average Bonchev–Trinajstić information content (AvgIpc) is 2.73. The molecule has 0 radical (unpaired) electrons. The lowest BCUT2D eigenvalue weighted by molar-refractivity contribution is -0.163. The van der Waals surface area contributed by atoms with Crippen LogP contribution in [0, 0.1) is 16.7 Å². The van der Waals surface area contributed by atoms with Gasteiger partial charge in [0.05, 0.1) is 23.0 Å². The quantitative estimate of drug-likeness (QED) is 0.662. The lowest BCUT2D eigenvalue weighted by atomic mass is 9.71. The molecule has 0 amide bonds. The van der Waals surface area contributed by atoms with Crippen molar-refractivity contribution in [2.75, 3.05) is 0 Å². The van der Waals surface area contributed by atoms with Gasteiger partial charge in [-0.15, -0.1) is 0 Å². The van der Waals surface area contributed by atoms with E-state index in [0.29, 0.717) is 11.7 Å². The lowest BCUT2D eigenvalue weighted by Crippen LogP contribution is -2.51. The second-order valence-electron chi connectivity index (χ2n) is 6.03. The molecule has 2 aliphatic heterocycles. The first-order valence-corrected chi connectivity index (χ1v) is 6.24. The predicted molar refractivity (Wildman–Crippen MR) is 57.5 cm³/mol. The van der Waals surface area contributed by atoms with Gasteiger partial charge in [-0.25, -0.2) is 0 Å². The summed E-state index contributed by atoms with van der Waals surface area (Å²) in [5, 5.41) is 0. The van der Waals surface area contributed by atoms with Crippen LogP contribution in [-0.2, 0) is 9.53 Å². The Balaban J connectivity index is 2.12. The number of rotatable bonds is 1. The Morgan fingerprint density at radius 3 is 2.67 bits per heavy atom. The van der Waals surface area contributed by atoms with Crippen LogP contribution in [0.2, 0.25) is 0 Å². The van der Waals surface area contributed by atoms with Crippen LogP contribution in [0.5, 0.6) is 0 Å². The van der Waals surface area contributed by atoms with E-state index >= 15 is 0 Å². The van der Waals surface area contributed by atoms with Gasteiger partial charge in [0.25, 0.3) is 0 Å². The summed E-state index contributed by atoms with van der Waals surface area (Å²) in [6, 6.07) is 0. The van der Waals surface area contributed by atoms with E-state index in [9.17, 15) is 4.79 Å². The summed E-state index contributed by atoms with van der Waals surface area (Å²) in [5.74, 6) is 1.05. The van der Waals surface area contributed by atoms with Gasteiger partial charge in [-0.2, -0.15) is 0 Å². The van der Waals surface area contributed by atoms with Gasteiger partial charge in [0, 0.05) is 0 Å². The molecule has 0 aromatic heterocycles. The van der Waals surface area contributed by atoms with Crippen molar-refractivity contribution in [1.82, 2.24) is 0 Å². The minimum atomic E-state index is -0.170. The van der Waals surface area contributed by atoms with Crippen LogP contribution in [0.25, 0.3) is 0 Å². The second kappa shape index (κ2) is 2.65. The Hall–Kier alpha value is -0.370. The van der Waals surface area contributed by atoms with Crippen LogP contribution in [-0.4, -0.2) is 18.0 Å². The molecule has 2 nitrogen and oxygen atoms in total. The number of hydrogen-bond acceptors (Lipinski definition) is 2. The number of fused-ring (bicyclic) bond motifs is 6. The number of ketones is 1. The fourth-order valence-electron chi connectivity index (χ4n) is 4.42. The van der Waals surface area contributed by atoms with Gasteiger partial charge in [0.2, 0.25) is 0 Å². The maximum absolute atomic E-state index is 12.6. The predicted octanol–water partition coefficient (Wildman–Crippen LogP) is 2.56. The molecular formula is C13H20O2. The van der Waals surface area contributed by atoms with Gasteiger partial charge in [-0.05, 0) is 32.1 Å². The minimum Gasteiger partial charge on any atom is -0.373 e. The Morgan fingerprint density at radius 2 is 2.00 bits per heavy atom. The third kappa shape index (κ3) is 0.885. The number of Topliss-reactive ketones (excluding diaryl/α,β-unsaturated/α-hetero) is 1. The number of carbonyl (C=O) groups is 1. The molecule has 0 unspecified atom stereocenters. The van der Waals surface area contributed by atoms with Crippen molar-refractivity contribution in [3.8, 4) is 0 Å². The van der Waals surface area contributed by atoms with Crippen molar-refractivity contribution >= 4 is 5.78 Å². The summed E-state index contributed by atoms with van der Waals surface area (Å²) in [4.78, 5) is 12.6. The van der Waals surface area contributed by atoms with Crippen LogP contribution in [0.4, 0.5) is 0 Å². The normalized spacial score (nSPS) is 57.5. The van der Waals surface area contributed by atoms with E-state index in [4.69, 9.17) is 4.74 Å². The lowest BCUT2D eigenvalue weighted by Gasteiger charge is -2.40. The van der Waals surface area contributed by atoms with E-state index in [-0.39, 0.29) is 23.0 Å². The van der Waals surface area contributed by atoms with Gasteiger partial charge >= 0.3 is 0 Å². The Morgan fingerprint density at radius 1 is 1.33 bits per heavy atom. The molecule has 4 bridgehead atoms. The Kier molecular flexibility index (Phi) is 1.74. The minimum absolute atomic E-state index is 0.164. The fourth-order valence-corrected chi connectivity index (χ4v) is 4.42. The van der Waals surface area contributed by atoms with Crippen molar-refractivity contribution in [3.63, 3.8) is 0 Å².